The van der Waals surface area contributed by atoms with Crippen LogP contribution in [-0.2, 0) is 6.42 Å². The Bertz CT molecular complexity index is 606. The van der Waals surface area contributed by atoms with E-state index in [2.05, 4.69) is 0 Å². The number of nitrogens with zero attached hydrogens (tertiary/aromatic N) is 1. The second kappa shape index (κ2) is 4.79. The second-order valence-electron chi connectivity index (χ2n) is 3.59. The summed E-state index contributed by atoms with van der Waals surface area (Å²) in [7, 11) is 0. The molecule has 0 amide bonds. The van der Waals surface area contributed by atoms with Crippen LogP contribution in [0.15, 0.2) is 40.8 Å². The van der Waals surface area contributed by atoms with E-state index < -0.39 is 22.4 Å². The molecule has 0 radical (unpaired) electrons. The molecule has 0 atom stereocenters. The zero-order valence-corrected chi connectivity index (χ0v) is 9.13. The van der Waals surface area contributed by atoms with Crippen LogP contribution in [0.25, 0.3) is 0 Å². The third-order valence-electron chi connectivity index (χ3n) is 2.36. The molecule has 2 rings (SSSR count). The van der Waals surface area contributed by atoms with Gasteiger partial charge in [0.2, 0.25) is 5.78 Å². The van der Waals surface area contributed by atoms with Crippen molar-refractivity contribution in [3.63, 3.8) is 0 Å². The highest BCUT2D eigenvalue weighted by Crippen LogP contribution is 2.18. The van der Waals surface area contributed by atoms with Crippen LogP contribution in [0.5, 0.6) is 0 Å². The van der Waals surface area contributed by atoms with Gasteiger partial charge in [-0.1, -0.05) is 18.2 Å². The van der Waals surface area contributed by atoms with Crippen LogP contribution in [0.1, 0.15) is 16.1 Å². The number of halogens is 1. The van der Waals surface area contributed by atoms with Crippen molar-refractivity contribution in [1.82, 2.24) is 0 Å². The van der Waals surface area contributed by atoms with Crippen LogP contribution in [-0.4, -0.2) is 10.7 Å². The molecule has 6 heteroatoms. The Labute approximate surface area is 101 Å². The largest absolute Gasteiger partial charge is 0.433 e. The number of benzene rings is 1. The molecule has 0 fully saturated rings. The molecule has 1 aromatic heterocycles. The maximum Gasteiger partial charge on any atom is 0.433 e. The monoisotopic (exact) mass is 249 g/mol. The van der Waals surface area contributed by atoms with Gasteiger partial charge in [0.1, 0.15) is 10.7 Å². The molecule has 0 bridgehead atoms. The van der Waals surface area contributed by atoms with Crippen LogP contribution < -0.4 is 0 Å². The molecule has 2 aromatic rings. The molecule has 0 saturated carbocycles. The highest BCUT2D eigenvalue weighted by Gasteiger charge is 2.18. The predicted octanol–water partition coefficient (Wildman–Crippen LogP) is 2.75. The van der Waals surface area contributed by atoms with Gasteiger partial charge in [0.15, 0.2) is 5.76 Å². The second-order valence-corrected chi connectivity index (χ2v) is 3.59. The fraction of sp³-hybridized carbons (Fsp3) is 0.0833. The first kappa shape index (κ1) is 12.0. The molecule has 92 valence electrons. The molecule has 0 aliphatic carbocycles. The molecule has 1 aromatic carbocycles. The Morgan fingerprint density at radius 2 is 2.00 bits per heavy atom. The van der Waals surface area contributed by atoms with Gasteiger partial charge in [-0.05, 0) is 17.7 Å². The van der Waals surface area contributed by atoms with Crippen LogP contribution in [0, 0.1) is 15.9 Å². The number of carbonyl (C=O) groups is 1. The van der Waals surface area contributed by atoms with E-state index in [0.717, 1.165) is 6.07 Å². The van der Waals surface area contributed by atoms with E-state index in [4.69, 9.17) is 4.42 Å². The normalized spacial score (nSPS) is 10.3. The number of nitro groups is 1. The van der Waals surface area contributed by atoms with Crippen LogP contribution in [0.3, 0.4) is 0 Å². The predicted molar refractivity (Wildman–Crippen MR) is 59.8 cm³/mol. The molecule has 0 saturated heterocycles. The minimum absolute atomic E-state index is 0.148. The van der Waals surface area contributed by atoms with Gasteiger partial charge in [-0.3, -0.25) is 14.9 Å². The lowest BCUT2D eigenvalue weighted by molar-refractivity contribution is -0.402. The SMILES string of the molecule is O=C(Cc1ccccc1F)c1ccc([N+](=O)[O-])o1. The van der Waals surface area contributed by atoms with Crippen molar-refractivity contribution in [2.45, 2.75) is 6.42 Å². The number of Topliss-reactive ketones (excluding diaryl/α,β-unsaturated/α-hetero) is 1. The molecule has 0 N–H and O–H groups in total. The van der Waals surface area contributed by atoms with Crippen molar-refractivity contribution in [3.05, 3.63) is 63.7 Å². The lowest BCUT2D eigenvalue weighted by Gasteiger charge is -1.99. The zero-order chi connectivity index (χ0) is 13.1. The van der Waals surface area contributed by atoms with Gasteiger partial charge < -0.3 is 4.42 Å². The summed E-state index contributed by atoms with van der Waals surface area (Å²) in [6, 6.07) is 8.14. The minimum Gasteiger partial charge on any atom is -0.397 e. The average Bonchev–Trinajstić information content (AvgIpc) is 2.81. The summed E-state index contributed by atoms with van der Waals surface area (Å²) in [4.78, 5) is 21.4. The molecular formula is C12H8FNO4. The van der Waals surface area contributed by atoms with Crippen LogP contribution >= 0.6 is 0 Å². The first-order valence-corrected chi connectivity index (χ1v) is 5.09. The zero-order valence-electron chi connectivity index (χ0n) is 9.13. The third-order valence-corrected chi connectivity index (χ3v) is 2.36. The van der Waals surface area contributed by atoms with Crippen molar-refractivity contribution >= 4 is 11.7 Å². The van der Waals surface area contributed by atoms with Gasteiger partial charge in [0, 0.05) is 6.42 Å². The third kappa shape index (κ3) is 2.42. The number of ketones is 1. The molecule has 18 heavy (non-hydrogen) atoms. The van der Waals surface area contributed by atoms with Gasteiger partial charge in [0.25, 0.3) is 0 Å². The average molecular weight is 249 g/mol. The molecule has 0 aliphatic rings. The standard InChI is InChI=1S/C12H8FNO4/c13-9-4-2-1-3-8(9)7-10(15)11-5-6-12(18-11)14(16)17/h1-6H,7H2. The van der Waals surface area contributed by atoms with E-state index in [9.17, 15) is 19.3 Å². The van der Waals surface area contributed by atoms with Crippen molar-refractivity contribution in [2.75, 3.05) is 0 Å². The Morgan fingerprint density at radius 1 is 1.28 bits per heavy atom. The molecule has 0 spiro atoms. The lowest BCUT2D eigenvalue weighted by atomic mass is 10.1. The summed E-state index contributed by atoms with van der Waals surface area (Å²) in [6.07, 6.45) is -0.197. The number of hydrogen-bond donors (Lipinski definition) is 0. The van der Waals surface area contributed by atoms with Gasteiger partial charge in [-0.2, -0.15) is 0 Å². The fourth-order valence-corrected chi connectivity index (χ4v) is 1.48. The Hall–Kier alpha value is -2.50. The molecule has 0 unspecified atom stereocenters. The lowest BCUT2D eigenvalue weighted by Crippen LogP contribution is -2.03. The van der Waals surface area contributed by atoms with E-state index in [0.29, 0.717) is 0 Å². The molecule has 0 aliphatic heterocycles. The van der Waals surface area contributed by atoms with Gasteiger partial charge in [0.05, 0.1) is 6.07 Å². The van der Waals surface area contributed by atoms with E-state index in [1.807, 2.05) is 0 Å². The van der Waals surface area contributed by atoms with Gasteiger partial charge in [-0.15, -0.1) is 0 Å². The highest BCUT2D eigenvalue weighted by molar-refractivity contribution is 5.95. The number of hydrogen-bond acceptors (Lipinski definition) is 4. The Morgan fingerprint density at radius 3 is 2.61 bits per heavy atom. The summed E-state index contributed by atoms with van der Waals surface area (Å²) >= 11 is 0. The van der Waals surface area contributed by atoms with Crippen LogP contribution in [0.2, 0.25) is 0 Å². The van der Waals surface area contributed by atoms with Crippen molar-refractivity contribution < 1.29 is 18.5 Å². The Kier molecular flexibility index (Phi) is 3.18. The van der Waals surface area contributed by atoms with E-state index in [1.54, 1.807) is 6.07 Å². The minimum atomic E-state index is -0.736. The smallest absolute Gasteiger partial charge is 0.397 e. The quantitative estimate of drug-likeness (QED) is 0.474. The van der Waals surface area contributed by atoms with Crippen molar-refractivity contribution in [1.29, 1.82) is 0 Å². The summed E-state index contributed by atoms with van der Waals surface area (Å²) in [5.41, 5.74) is 0.224. The van der Waals surface area contributed by atoms with E-state index >= 15 is 0 Å². The van der Waals surface area contributed by atoms with Gasteiger partial charge in [-0.25, -0.2) is 4.39 Å². The number of furan rings is 1. The summed E-state index contributed by atoms with van der Waals surface area (Å²) < 4.78 is 18.1. The summed E-state index contributed by atoms with van der Waals surface area (Å²) in [5, 5.41) is 10.4. The van der Waals surface area contributed by atoms with E-state index in [-0.39, 0.29) is 17.7 Å². The number of rotatable bonds is 4. The number of carbonyl (C=O) groups excluding carboxylic acids is 1. The highest BCUT2D eigenvalue weighted by atomic mass is 19.1. The fourth-order valence-electron chi connectivity index (χ4n) is 1.48. The topological polar surface area (TPSA) is 73.3 Å². The van der Waals surface area contributed by atoms with Crippen molar-refractivity contribution in [2.24, 2.45) is 0 Å². The summed E-state index contributed by atoms with van der Waals surface area (Å²) in [6.45, 7) is 0. The molecule has 5 nitrogen and oxygen atoms in total. The van der Waals surface area contributed by atoms with Crippen LogP contribution in [0.4, 0.5) is 10.3 Å². The van der Waals surface area contributed by atoms with Gasteiger partial charge >= 0.3 is 5.88 Å². The molecular weight excluding hydrogens is 241 g/mol. The maximum absolute atomic E-state index is 13.3. The Balaban J connectivity index is 2.17. The van der Waals surface area contributed by atoms with E-state index in [1.165, 1.54) is 24.3 Å². The molecule has 1 heterocycles. The maximum atomic E-state index is 13.3. The first-order chi connectivity index (χ1) is 8.58. The first-order valence-electron chi connectivity index (χ1n) is 5.09. The van der Waals surface area contributed by atoms with Crippen molar-refractivity contribution in [3.8, 4) is 0 Å². The summed E-state index contributed by atoms with van der Waals surface area (Å²) in [5.74, 6) is -1.66.